The van der Waals surface area contributed by atoms with Gasteiger partial charge in [-0.05, 0) is 45.0 Å². The topological polar surface area (TPSA) is 87.5 Å². The number of furan rings is 1. The lowest BCUT2D eigenvalue weighted by atomic mass is 10.1. The number of para-hydroxylation sites is 2. The van der Waals surface area contributed by atoms with Crippen molar-refractivity contribution in [2.45, 2.75) is 33.4 Å². The lowest BCUT2D eigenvalue weighted by Crippen LogP contribution is -2.24. The predicted octanol–water partition coefficient (Wildman–Crippen LogP) is 4.30. The van der Waals surface area contributed by atoms with Crippen molar-refractivity contribution in [2.24, 2.45) is 0 Å². The van der Waals surface area contributed by atoms with Gasteiger partial charge in [0.05, 0.1) is 17.7 Å². The average molecular weight is 368 g/mol. The minimum absolute atomic E-state index is 0.0766. The van der Waals surface area contributed by atoms with Crippen LogP contribution >= 0.6 is 0 Å². The zero-order valence-corrected chi connectivity index (χ0v) is 15.3. The van der Waals surface area contributed by atoms with E-state index < -0.39 is 11.0 Å². The Morgan fingerprint density at radius 3 is 2.67 bits per heavy atom. The van der Waals surface area contributed by atoms with Crippen LogP contribution in [0.1, 0.15) is 34.4 Å². The van der Waals surface area contributed by atoms with E-state index in [0.29, 0.717) is 12.1 Å². The number of nitro benzene ring substituents is 1. The second-order valence-corrected chi connectivity index (χ2v) is 6.30. The summed E-state index contributed by atoms with van der Waals surface area (Å²) in [7, 11) is 0. The first-order valence-corrected chi connectivity index (χ1v) is 8.52. The van der Waals surface area contributed by atoms with Crippen molar-refractivity contribution in [2.75, 3.05) is 0 Å². The van der Waals surface area contributed by atoms with E-state index in [-0.39, 0.29) is 17.2 Å². The second-order valence-electron chi connectivity index (χ2n) is 6.30. The fraction of sp³-hybridized carbons (Fsp3) is 0.250. The number of nitro groups is 1. The molecule has 1 aromatic carbocycles. The van der Waals surface area contributed by atoms with Gasteiger partial charge >= 0.3 is 5.69 Å². The maximum absolute atomic E-state index is 12.9. The number of rotatable bonds is 7. The van der Waals surface area contributed by atoms with Crippen LogP contribution in [0.2, 0.25) is 0 Å². The first-order chi connectivity index (χ1) is 12.9. The summed E-state index contributed by atoms with van der Waals surface area (Å²) < 4.78 is 13.0. The summed E-state index contributed by atoms with van der Waals surface area (Å²) in [4.78, 5) is 23.5. The molecule has 2 aromatic heterocycles. The molecule has 0 spiro atoms. The summed E-state index contributed by atoms with van der Waals surface area (Å²) >= 11 is 0. The Morgan fingerprint density at radius 1 is 1.26 bits per heavy atom. The fourth-order valence-electron chi connectivity index (χ4n) is 3.02. The summed E-state index contributed by atoms with van der Waals surface area (Å²) in [6, 6.07) is 11.5. The van der Waals surface area contributed by atoms with Crippen molar-refractivity contribution in [3.05, 3.63) is 81.6 Å². The van der Waals surface area contributed by atoms with E-state index in [9.17, 15) is 14.9 Å². The van der Waals surface area contributed by atoms with Crippen molar-refractivity contribution in [3.8, 4) is 5.75 Å². The minimum atomic E-state index is -0.858. The molecular weight excluding hydrogens is 348 g/mol. The van der Waals surface area contributed by atoms with Crippen LogP contribution in [0.25, 0.3) is 0 Å². The average Bonchev–Trinajstić information content (AvgIpc) is 3.25. The highest BCUT2D eigenvalue weighted by Gasteiger charge is 2.25. The molecule has 0 fully saturated rings. The molecule has 1 atom stereocenters. The summed E-state index contributed by atoms with van der Waals surface area (Å²) in [6.07, 6.45) is 0.752. The zero-order chi connectivity index (χ0) is 19.6. The molecule has 0 saturated heterocycles. The molecule has 0 aliphatic heterocycles. The number of hydrogen-bond acceptors (Lipinski definition) is 5. The molecular formula is C20H20N2O5. The van der Waals surface area contributed by atoms with Crippen LogP contribution in [0, 0.1) is 24.0 Å². The van der Waals surface area contributed by atoms with Gasteiger partial charge in [0.1, 0.15) is 5.76 Å². The van der Waals surface area contributed by atoms with Crippen LogP contribution in [0.4, 0.5) is 5.69 Å². The number of ether oxygens (including phenoxy) is 1. The van der Waals surface area contributed by atoms with Crippen molar-refractivity contribution in [1.29, 1.82) is 0 Å². The first-order valence-electron chi connectivity index (χ1n) is 8.52. The molecule has 3 aromatic rings. The molecule has 0 bridgehead atoms. The molecule has 0 amide bonds. The molecule has 0 N–H and O–H groups in total. The van der Waals surface area contributed by atoms with Crippen LogP contribution in [0.15, 0.2) is 53.1 Å². The quantitative estimate of drug-likeness (QED) is 0.352. The lowest BCUT2D eigenvalue weighted by molar-refractivity contribution is -0.386. The van der Waals surface area contributed by atoms with Gasteiger partial charge in [0, 0.05) is 23.0 Å². The third-order valence-electron chi connectivity index (χ3n) is 4.47. The molecule has 0 aliphatic rings. The molecule has 0 radical (unpaired) electrons. The molecule has 0 unspecified atom stereocenters. The molecule has 0 aliphatic carbocycles. The highest BCUT2D eigenvalue weighted by Crippen LogP contribution is 2.28. The number of carbonyl (C=O) groups is 1. The van der Waals surface area contributed by atoms with Gasteiger partial charge in [-0.15, -0.1) is 0 Å². The van der Waals surface area contributed by atoms with Crippen LogP contribution in [-0.2, 0) is 6.54 Å². The SMILES string of the molecule is Cc1cc(C(=O)[C@@H](C)Oc2ccccc2[N+](=O)[O-])c(C)n1Cc1ccco1. The van der Waals surface area contributed by atoms with Crippen molar-refractivity contribution in [1.82, 2.24) is 4.57 Å². The van der Waals surface area contributed by atoms with E-state index in [1.807, 2.05) is 30.5 Å². The number of aromatic nitrogens is 1. The van der Waals surface area contributed by atoms with Crippen molar-refractivity contribution < 1.29 is 18.9 Å². The zero-order valence-electron chi connectivity index (χ0n) is 15.3. The smallest absolute Gasteiger partial charge is 0.310 e. The molecule has 7 heteroatoms. The van der Waals surface area contributed by atoms with E-state index in [1.165, 1.54) is 12.1 Å². The van der Waals surface area contributed by atoms with Crippen molar-refractivity contribution >= 4 is 11.5 Å². The number of benzene rings is 1. The van der Waals surface area contributed by atoms with Crippen molar-refractivity contribution in [3.63, 3.8) is 0 Å². The van der Waals surface area contributed by atoms with Gasteiger partial charge < -0.3 is 13.7 Å². The maximum Gasteiger partial charge on any atom is 0.310 e. The summed E-state index contributed by atoms with van der Waals surface area (Å²) in [5, 5.41) is 11.1. The van der Waals surface area contributed by atoms with E-state index in [1.54, 1.807) is 31.4 Å². The van der Waals surface area contributed by atoms with Gasteiger partial charge in [-0.3, -0.25) is 14.9 Å². The molecule has 3 rings (SSSR count). The van der Waals surface area contributed by atoms with E-state index in [2.05, 4.69) is 0 Å². The number of ketones is 1. The predicted molar refractivity (Wildman–Crippen MR) is 99.2 cm³/mol. The number of carbonyl (C=O) groups excluding carboxylic acids is 1. The molecule has 0 saturated carbocycles. The van der Waals surface area contributed by atoms with Gasteiger partial charge in [-0.2, -0.15) is 0 Å². The van der Waals surface area contributed by atoms with E-state index in [0.717, 1.165) is 17.1 Å². The van der Waals surface area contributed by atoms with Gasteiger partial charge in [0.25, 0.3) is 0 Å². The Hall–Kier alpha value is -3.35. The Balaban J connectivity index is 1.83. The minimum Gasteiger partial charge on any atom is -0.475 e. The van der Waals surface area contributed by atoms with Gasteiger partial charge in [-0.25, -0.2) is 0 Å². The number of nitrogens with zero attached hydrogens (tertiary/aromatic N) is 2. The number of Topliss-reactive ketones (excluding diaryl/α,β-unsaturated/α-hetero) is 1. The van der Waals surface area contributed by atoms with E-state index >= 15 is 0 Å². The van der Waals surface area contributed by atoms with Gasteiger partial charge in [0.15, 0.2) is 11.9 Å². The third kappa shape index (κ3) is 3.76. The Kier molecular flexibility index (Phi) is 5.12. The van der Waals surface area contributed by atoms with Gasteiger partial charge in [0.2, 0.25) is 5.78 Å². The highest BCUT2D eigenvalue weighted by atomic mass is 16.6. The van der Waals surface area contributed by atoms with Crippen LogP contribution in [0.5, 0.6) is 5.75 Å². The van der Waals surface area contributed by atoms with Crippen LogP contribution < -0.4 is 4.74 Å². The number of aryl methyl sites for hydroxylation is 1. The molecule has 7 nitrogen and oxygen atoms in total. The fourth-order valence-corrected chi connectivity index (χ4v) is 3.02. The Bertz CT molecular complexity index is 972. The Labute approximate surface area is 156 Å². The standard InChI is InChI=1S/C20H20N2O5/c1-13-11-17(14(2)21(13)12-16-7-6-10-26-16)20(23)15(3)27-19-9-5-4-8-18(19)22(24)25/h4-11,15H,12H2,1-3H3/t15-/m1/s1. The second kappa shape index (κ2) is 7.49. The summed E-state index contributed by atoms with van der Waals surface area (Å²) in [5.74, 6) is 0.639. The summed E-state index contributed by atoms with van der Waals surface area (Å²) in [6.45, 7) is 5.90. The maximum atomic E-state index is 12.9. The summed E-state index contributed by atoms with van der Waals surface area (Å²) in [5.41, 5.74) is 2.09. The lowest BCUT2D eigenvalue weighted by Gasteiger charge is -2.14. The number of hydrogen-bond donors (Lipinski definition) is 0. The Morgan fingerprint density at radius 2 is 2.00 bits per heavy atom. The van der Waals surface area contributed by atoms with Crippen LogP contribution in [-0.4, -0.2) is 21.4 Å². The molecule has 2 heterocycles. The van der Waals surface area contributed by atoms with E-state index in [4.69, 9.17) is 9.15 Å². The monoisotopic (exact) mass is 368 g/mol. The third-order valence-corrected chi connectivity index (χ3v) is 4.47. The molecule has 140 valence electrons. The normalized spacial score (nSPS) is 12.0. The molecule has 27 heavy (non-hydrogen) atoms. The van der Waals surface area contributed by atoms with Gasteiger partial charge in [-0.1, -0.05) is 12.1 Å². The highest BCUT2D eigenvalue weighted by molar-refractivity contribution is 6.00. The van der Waals surface area contributed by atoms with Crippen LogP contribution in [0.3, 0.4) is 0 Å². The first kappa shape index (κ1) is 18.4. The largest absolute Gasteiger partial charge is 0.475 e.